The van der Waals surface area contributed by atoms with Gasteiger partial charge in [0, 0.05) is 11.8 Å². The lowest BCUT2D eigenvalue weighted by molar-refractivity contribution is 0.523. The molecule has 0 amide bonds. The van der Waals surface area contributed by atoms with Crippen LogP contribution in [-0.2, 0) is 0 Å². The van der Waals surface area contributed by atoms with Crippen molar-refractivity contribution in [1.82, 2.24) is 0 Å². The molecule has 7 heavy (non-hydrogen) atoms. The summed E-state index contributed by atoms with van der Waals surface area (Å²) in [6.45, 7) is 0. The predicted molar refractivity (Wildman–Crippen MR) is 25.7 cm³/mol. The molecule has 0 atom stereocenters. The molecule has 0 fully saturated rings. The fourth-order valence-corrected chi connectivity index (χ4v) is 0.904. The zero-order chi connectivity index (χ0) is 5.28. The van der Waals surface area contributed by atoms with E-state index in [1.165, 1.54) is 5.41 Å². The summed E-state index contributed by atoms with van der Waals surface area (Å²) in [5.41, 5.74) is -0.350. The van der Waals surface area contributed by atoms with Crippen LogP contribution in [0.25, 0.3) is 0 Å². The second-order valence-electron chi connectivity index (χ2n) is 1.21. The van der Waals surface area contributed by atoms with Crippen molar-refractivity contribution in [2.24, 2.45) is 0 Å². The quantitative estimate of drug-likeness (QED) is 0.474. The molecule has 1 aliphatic rings. The van der Waals surface area contributed by atoms with Crippen molar-refractivity contribution in [1.29, 1.82) is 0 Å². The molecule has 0 nitrogen and oxygen atoms in total. The van der Waals surface area contributed by atoms with Crippen molar-refractivity contribution < 1.29 is 8.78 Å². The van der Waals surface area contributed by atoms with Gasteiger partial charge in [-0.05, 0) is 0 Å². The Bertz CT molecular complexity index is 99.9. The van der Waals surface area contributed by atoms with E-state index in [1.54, 1.807) is 0 Å². The third-order valence-corrected chi connectivity index (χ3v) is 1.40. The summed E-state index contributed by atoms with van der Waals surface area (Å²) in [5, 5.41) is 1.18. The Balaban J connectivity index is 2.42. The average molecular weight is 121 g/mol. The third kappa shape index (κ3) is 1.16. The summed E-state index contributed by atoms with van der Waals surface area (Å²) in [4.78, 5) is 0. The zero-order valence-electron chi connectivity index (χ0n) is 3.45. The molecular formula is C4H3F2S. The van der Waals surface area contributed by atoms with Gasteiger partial charge in [-0.3, -0.25) is 0 Å². The van der Waals surface area contributed by atoms with Gasteiger partial charge in [0.1, 0.15) is 5.83 Å². The Kier molecular flexibility index (Phi) is 1.32. The number of halogens is 2. The molecule has 1 rings (SSSR count). The molecule has 0 aromatic rings. The van der Waals surface area contributed by atoms with Gasteiger partial charge in [-0.2, -0.15) is 0 Å². The number of hydrogen-bond donors (Lipinski definition) is 0. The van der Waals surface area contributed by atoms with Crippen LogP contribution in [0.2, 0.25) is 0 Å². The van der Waals surface area contributed by atoms with Crippen LogP contribution in [-0.4, -0.2) is 0 Å². The molecule has 0 spiro atoms. The highest BCUT2D eigenvalue weighted by molar-refractivity contribution is 8.04. The first-order valence-electron chi connectivity index (χ1n) is 1.81. The van der Waals surface area contributed by atoms with Crippen LogP contribution < -0.4 is 0 Å². The van der Waals surface area contributed by atoms with E-state index in [-0.39, 0.29) is 17.8 Å². The van der Waals surface area contributed by atoms with E-state index in [1.807, 2.05) is 0 Å². The van der Waals surface area contributed by atoms with Crippen LogP contribution in [0.1, 0.15) is 6.42 Å². The lowest BCUT2D eigenvalue weighted by Crippen LogP contribution is -1.70. The van der Waals surface area contributed by atoms with E-state index in [9.17, 15) is 8.78 Å². The Morgan fingerprint density at radius 2 is 2.29 bits per heavy atom. The molecule has 0 unspecified atom stereocenters. The van der Waals surface area contributed by atoms with Crippen molar-refractivity contribution >= 4 is 11.8 Å². The van der Waals surface area contributed by atoms with Crippen molar-refractivity contribution in [3.8, 4) is 0 Å². The summed E-state index contributed by atoms with van der Waals surface area (Å²) in [6.07, 6.45) is -0.120. The summed E-state index contributed by atoms with van der Waals surface area (Å²) < 4.78 is 23.5. The first-order chi connectivity index (χ1) is 3.29. The molecule has 3 heteroatoms. The van der Waals surface area contributed by atoms with Crippen LogP contribution >= 0.6 is 11.8 Å². The Hall–Kier alpha value is -0.0500. The lowest BCUT2D eigenvalue weighted by Gasteiger charge is -1.85. The largest absolute Gasteiger partial charge is 0.227 e. The SMILES string of the molecule is F[C]1CC(F)=CS1. The van der Waals surface area contributed by atoms with Gasteiger partial charge < -0.3 is 0 Å². The number of allylic oxidation sites excluding steroid dienone is 1. The molecule has 0 bridgehead atoms. The van der Waals surface area contributed by atoms with Gasteiger partial charge in [-0.1, -0.05) is 11.8 Å². The molecular weight excluding hydrogens is 118 g/mol. The van der Waals surface area contributed by atoms with Crippen LogP contribution in [0, 0.1) is 5.50 Å². The maximum atomic E-state index is 11.8. The van der Waals surface area contributed by atoms with Gasteiger partial charge in [0.15, 0.2) is 0 Å². The highest BCUT2D eigenvalue weighted by atomic mass is 32.2. The Labute approximate surface area is 44.6 Å². The second kappa shape index (κ2) is 1.82. The number of hydrogen-bond acceptors (Lipinski definition) is 1. The first-order valence-corrected chi connectivity index (χ1v) is 2.69. The standard InChI is InChI=1S/C4H3F2S/c5-3-1-4(6)7-2-3/h2H,1H2. The second-order valence-corrected chi connectivity index (χ2v) is 2.13. The van der Waals surface area contributed by atoms with Crippen molar-refractivity contribution in [2.75, 3.05) is 0 Å². The predicted octanol–water partition coefficient (Wildman–Crippen LogP) is 2.39. The zero-order valence-corrected chi connectivity index (χ0v) is 4.27. The van der Waals surface area contributed by atoms with E-state index in [2.05, 4.69) is 0 Å². The van der Waals surface area contributed by atoms with Crippen molar-refractivity contribution in [3.05, 3.63) is 16.7 Å². The summed E-state index contributed by atoms with van der Waals surface area (Å²) in [6, 6.07) is 0. The monoisotopic (exact) mass is 121 g/mol. The average Bonchev–Trinajstić information content (AvgIpc) is 1.87. The van der Waals surface area contributed by atoms with Gasteiger partial charge in [0.2, 0.25) is 5.50 Å². The van der Waals surface area contributed by atoms with E-state index < -0.39 is 0 Å². The highest BCUT2D eigenvalue weighted by Gasteiger charge is 2.16. The molecule has 1 heterocycles. The van der Waals surface area contributed by atoms with Crippen LogP contribution in [0.15, 0.2) is 11.2 Å². The van der Waals surface area contributed by atoms with Gasteiger partial charge >= 0.3 is 0 Å². The van der Waals surface area contributed by atoms with E-state index in [4.69, 9.17) is 0 Å². The van der Waals surface area contributed by atoms with E-state index in [0.717, 1.165) is 11.8 Å². The van der Waals surface area contributed by atoms with E-state index in [0.29, 0.717) is 0 Å². The molecule has 0 saturated carbocycles. The van der Waals surface area contributed by atoms with Gasteiger partial charge in [0.05, 0.1) is 0 Å². The van der Waals surface area contributed by atoms with Gasteiger partial charge in [0.25, 0.3) is 0 Å². The smallest absolute Gasteiger partial charge is 0.210 e. The first kappa shape index (κ1) is 5.09. The minimum Gasteiger partial charge on any atom is -0.227 e. The molecule has 0 N–H and O–H groups in total. The Morgan fingerprint density at radius 3 is 2.43 bits per heavy atom. The fraction of sp³-hybridized carbons (Fsp3) is 0.250. The minimum absolute atomic E-state index is 0.120. The summed E-state index contributed by atoms with van der Waals surface area (Å²) >= 11 is 0.818. The lowest BCUT2D eigenvalue weighted by atomic mass is 10.4. The molecule has 39 valence electrons. The van der Waals surface area contributed by atoms with Crippen LogP contribution in [0.5, 0.6) is 0 Å². The number of rotatable bonds is 0. The van der Waals surface area contributed by atoms with Gasteiger partial charge in [-0.15, -0.1) is 0 Å². The molecule has 1 radical (unpaired) electrons. The molecule has 0 aromatic heterocycles. The third-order valence-electron chi connectivity index (χ3n) is 0.623. The van der Waals surface area contributed by atoms with Crippen molar-refractivity contribution in [2.45, 2.75) is 6.42 Å². The molecule has 0 aliphatic carbocycles. The number of thioether (sulfide) groups is 1. The van der Waals surface area contributed by atoms with Crippen LogP contribution in [0.3, 0.4) is 0 Å². The molecule has 1 aliphatic heterocycles. The van der Waals surface area contributed by atoms with Crippen molar-refractivity contribution in [3.63, 3.8) is 0 Å². The minimum atomic E-state index is -0.373. The van der Waals surface area contributed by atoms with Crippen LogP contribution in [0.4, 0.5) is 8.78 Å². The normalized spacial score (nSPS) is 22.9. The summed E-state index contributed by atoms with van der Waals surface area (Å²) in [5.74, 6) is -0.373. The molecule has 0 saturated heterocycles. The van der Waals surface area contributed by atoms with Gasteiger partial charge in [-0.25, -0.2) is 8.78 Å². The topological polar surface area (TPSA) is 0 Å². The maximum Gasteiger partial charge on any atom is 0.210 e. The summed E-state index contributed by atoms with van der Waals surface area (Å²) in [7, 11) is 0. The Morgan fingerprint density at radius 1 is 1.57 bits per heavy atom. The fourth-order valence-electron chi connectivity index (χ4n) is 0.344. The maximum absolute atomic E-state index is 11.8. The molecule has 0 aromatic carbocycles. The van der Waals surface area contributed by atoms with E-state index >= 15 is 0 Å². The highest BCUT2D eigenvalue weighted by Crippen LogP contribution is 2.37.